The third-order valence-corrected chi connectivity index (χ3v) is 7.36. The molecule has 0 spiro atoms. The second-order valence-corrected chi connectivity index (χ2v) is 12.5. The zero-order valence-corrected chi connectivity index (χ0v) is 26.5. The van der Waals surface area contributed by atoms with Gasteiger partial charge in [-0.25, -0.2) is 8.78 Å². The lowest BCUT2D eigenvalue weighted by Gasteiger charge is -2.24. The van der Waals surface area contributed by atoms with Crippen LogP contribution < -0.4 is 9.47 Å². The predicted octanol–water partition coefficient (Wildman–Crippen LogP) is 9.83. The molecule has 0 bridgehead atoms. The maximum absolute atomic E-state index is 14.3. The maximum Gasteiger partial charge on any atom is 0.131 e. The summed E-state index contributed by atoms with van der Waals surface area (Å²) in [6.45, 7) is 12.5. The summed E-state index contributed by atoms with van der Waals surface area (Å²) >= 11 is 5.93. The summed E-state index contributed by atoms with van der Waals surface area (Å²) < 4.78 is 38.9. The van der Waals surface area contributed by atoms with E-state index in [1.165, 1.54) is 12.1 Å². The zero-order valence-electron chi connectivity index (χ0n) is 25.7. The van der Waals surface area contributed by atoms with E-state index >= 15 is 0 Å². The van der Waals surface area contributed by atoms with Crippen LogP contribution in [-0.2, 0) is 23.3 Å². The lowest BCUT2D eigenvalue weighted by atomic mass is 9.81. The molecule has 0 aliphatic carbocycles. The third kappa shape index (κ3) is 7.90. The molecule has 0 atom stereocenters. The van der Waals surface area contributed by atoms with Crippen molar-refractivity contribution in [3.63, 3.8) is 0 Å². The summed E-state index contributed by atoms with van der Waals surface area (Å²) in [5.41, 5.74) is 6.46. The molecule has 1 N–H and O–H groups in total. The summed E-state index contributed by atoms with van der Waals surface area (Å²) in [5.74, 6) is 1.19. The highest BCUT2D eigenvalue weighted by Gasteiger charge is 2.22. The molecule has 0 fully saturated rings. The van der Waals surface area contributed by atoms with Crippen LogP contribution in [0.15, 0.2) is 72.8 Å². The van der Waals surface area contributed by atoms with E-state index in [0.29, 0.717) is 28.5 Å². The first kappa shape index (κ1) is 33.1. The van der Waals surface area contributed by atoms with Gasteiger partial charge in [-0.15, -0.1) is 11.6 Å². The highest BCUT2D eigenvalue weighted by Crippen LogP contribution is 2.38. The van der Waals surface area contributed by atoms with E-state index in [9.17, 15) is 13.9 Å². The molecule has 0 aliphatic heterocycles. The van der Waals surface area contributed by atoms with Crippen molar-refractivity contribution in [1.82, 2.24) is 0 Å². The number of ether oxygens (including phenoxy) is 2. The first-order valence-electron chi connectivity index (χ1n) is 13.8. The minimum atomic E-state index is -0.280. The fourth-order valence-electron chi connectivity index (χ4n) is 4.75. The van der Waals surface area contributed by atoms with Crippen LogP contribution in [0.2, 0.25) is 0 Å². The van der Waals surface area contributed by atoms with E-state index < -0.39 is 0 Å². The minimum Gasteiger partial charge on any atom is -0.497 e. The average molecular weight is 595 g/mol. The minimum absolute atomic E-state index is 0.0239. The van der Waals surface area contributed by atoms with Crippen LogP contribution in [-0.4, -0.2) is 19.3 Å². The number of hydrogen-bond acceptors (Lipinski definition) is 3. The zero-order chi connectivity index (χ0) is 31.2. The molecule has 42 heavy (non-hydrogen) atoms. The second kappa shape index (κ2) is 13.7. The van der Waals surface area contributed by atoms with Gasteiger partial charge in [-0.05, 0) is 80.6 Å². The normalized spacial score (nSPS) is 11.5. The van der Waals surface area contributed by atoms with Crippen LogP contribution >= 0.6 is 11.6 Å². The Balaban J connectivity index is 0.000000230. The molecular weight excluding hydrogens is 554 g/mol. The van der Waals surface area contributed by atoms with Crippen molar-refractivity contribution in [3.8, 4) is 33.8 Å². The Bertz CT molecular complexity index is 1400. The van der Waals surface area contributed by atoms with Crippen LogP contribution in [0.25, 0.3) is 22.3 Å². The standard InChI is InChI=1S/C18H20ClFO.C18H21FO2/c1-18(2,3)16-9-12(11-19)5-7-14(16)15-10-13(21-4)6-8-17(15)20;1-18(2,3)16-9-12(11-20)5-7-14(16)15-10-13(21-4)6-8-17(15)19/h5-10H,11H2,1-4H3;5-10,20H,11H2,1-4H3. The van der Waals surface area contributed by atoms with Gasteiger partial charge in [0.25, 0.3) is 0 Å². The molecule has 0 radical (unpaired) electrons. The van der Waals surface area contributed by atoms with Gasteiger partial charge in [0.2, 0.25) is 0 Å². The van der Waals surface area contributed by atoms with Gasteiger partial charge in [0.1, 0.15) is 23.1 Å². The Morgan fingerprint density at radius 2 is 1.00 bits per heavy atom. The number of hydrogen-bond donors (Lipinski definition) is 1. The molecule has 4 aromatic rings. The summed E-state index contributed by atoms with van der Waals surface area (Å²) in [7, 11) is 3.15. The molecular formula is C36H41ClF2O3. The van der Waals surface area contributed by atoms with Crippen LogP contribution in [0.4, 0.5) is 8.78 Å². The monoisotopic (exact) mass is 594 g/mol. The Morgan fingerprint density at radius 1 is 0.595 bits per heavy atom. The van der Waals surface area contributed by atoms with Crippen LogP contribution in [0.3, 0.4) is 0 Å². The van der Waals surface area contributed by atoms with Gasteiger partial charge in [-0.2, -0.15) is 0 Å². The quantitative estimate of drug-likeness (QED) is 0.226. The Morgan fingerprint density at radius 3 is 1.36 bits per heavy atom. The maximum atomic E-state index is 14.3. The number of aliphatic hydroxyl groups excluding tert-OH is 1. The molecule has 0 amide bonds. The number of aliphatic hydroxyl groups is 1. The molecule has 224 valence electrons. The largest absolute Gasteiger partial charge is 0.497 e. The molecule has 0 unspecified atom stereocenters. The summed E-state index contributed by atoms with van der Waals surface area (Å²) in [6, 6.07) is 21.1. The third-order valence-electron chi connectivity index (χ3n) is 7.05. The number of benzene rings is 4. The Hall–Kier alpha value is -3.41. The van der Waals surface area contributed by atoms with Gasteiger partial charge in [0.05, 0.1) is 20.8 Å². The Kier molecular flexibility index (Phi) is 10.8. The van der Waals surface area contributed by atoms with Crippen molar-refractivity contribution in [2.45, 2.75) is 64.9 Å². The van der Waals surface area contributed by atoms with Gasteiger partial charge >= 0.3 is 0 Å². The van der Waals surface area contributed by atoms with Gasteiger partial charge in [0.15, 0.2) is 0 Å². The van der Waals surface area contributed by atoms with E-state index in [2.05, 4.69) is 47.6 Å². The second-order valence-electron chi connectivity index (χ2n) is 12.2. The van der Waals surface area contributed by atoms with E-state index in [1.54, 1.807) is 38.5 Å². The lowest BCUT2D eigenvalue weighted by Crippen LogP contribution is -2.13. The number of methoxy groups -OCH3 is 2. The molecule has 4 aromatic carbocycles. The van der Waals surface area contributed by atoms with Crippen molar-refractivity contribution in [2.24, 2.45) is 0 Å². The topological polar surface area (TPSA) is 38.7 Å². The van der Waals surface area contributed by atoms with E-state index in [0.717, 1.165) is 33.4 Å². The predicted molar refractivity (Wildman–Crippen MR) is 170 cm³/mol. The smallest absolute Gasteiger partial charge is 0.131 e. The number of halogens is 3. The fourth-order valence-corrected chi connectivity index (χ4v) is 4.92. The molecule has 0 saturated carbocycles. The van der Waals surface area contributed by atoms with Crippen molar-refractivity contribution in [2.75, 3.05) is 14.2 Å². The molecule has 0 saturated heterocycles. The molecule has 0 aliphatic rings. The van der Waals surface area contributed by atoms with Gasteiger partial charge in [-0.1, -0.05) is 77.9 Å². The summed E-state index contributed by atoms with van der Waals surface area (Å²) in [6.07, 6.45) is 0. The van der Waals surface area contributed by atoms with Crippen LogP contribution in [0.1, 0.15) is 63.8 Å². The van der Waals surface area contributed by atoms with E-state index in [1.807, 2.05) is 30.3 Å². The first-order valence-corrected chi connectivity index (χ1v) is 14.4. The molecule has 4 rings (SSSR count). The first-order chi connectivity index (χ1) is 19.7. The van der Waals surface area contributed by atoms with E-state index in [-0.39, 0.29) is 29.1 Å². The Labute approximate surface area is 254 Å². The van der Waals surface area contributed by atoms with Gasteiger partial charge < -0.3 is 14.6 Å². The molecule has 3 nitrogen and oxygen atoms in total. The molecule has 0 aromatic heterocycles. The molecule has 0 heterocycles. The van der Waals surface area contributed by atoms with Gasteiger partial charge in [0, 0.05) is 17.0 Å². The molecule has 6 heteroatoms. The fraction of sp³-hybridized carbons (Fsp3) is 0.333. The van der Waals surface area contributed by atoms with Crippen molar-refractivity contribution < 1.29 is 23.4 Å². The van der Waals surface area contributed by atoms with Crippen molar-refractivity contribution in [3.05, 3.63) is 107 Å². The van der Waals surface area contributed by atoms with Crippen LogP contribution in [0.5, 0.6) is 11.5 Å². The highest BCUT2D eigenvalue weighted by atomic mass is 35.5. The SMILES string of the molecule is COc1ccc(F)c(-c2ccc(CCl)cc2C(C)(C)C)c1.COc1ccc(F)c(-c2ccc(CO)cc2C(C)(C)C)c1. The van der Waals surface area contributed by atoms with Crippen molar-refractivity contribution in [1.29, 1.82) is 0 Å². The average Bonchev–Trinajstić information content (AvgIpc) is 2.96. The summed E-state index contributed by atoms with van der Waals surface area (Å²) in [5, 5.41) is 9.33. The van der Waals surface area contributed by atoms with Gasteiger partial charge in [-0.3, -0.25) is 0 Å². The highest BCUT2D eigenvalue weighted by molar-refractivity contribution is 6.17. The summed E-state index contributed by atoms with van der Waals surface area (Å²) in [4.78, 5) is 0. The van der Waals surface area contributed by atoms with Crippen molar-refractivity contribution >= 4 is 11.6 Å². The number of alkyl halides is 1. The van der Waals surface area contributed by atoms with Crippen LogP contribution in [0, 0.1) is 11.6 Å². The number of rotatable bonds is 6. The lowest BCUT2D eigenvalue weighted by molar-refractivity contribution is 0.281. The van der Waals surface area contributed by atoms with E-state index in [4.69, 9.17) is 21.1 Å².